The molecule has 9 nitrogen and oxygen atoms in total. The van der Waals surface area contributed by atoms with Gasteiger partial charge in [-0.2, -0.15) is 4.98 Å². The number of nitrogens with zero attached hydrogens (tertiary/aromatic N) is 7. The number of piperidine rings is 1. The summed E-state index contributed by atoms with van der Waals surface area (Å²) in [6.45, 7) is 5.74. The first-order valence-electron chi connectivity index (χ1n) is 9.51. The number of aromatic nitrogens is 4. The molecule has 1 N–H and O–H groups in total. The zero-order valence-electron chi connectivity index (χ0n) is 16.2. The summed E-state index contributed by atoms with van der Waals surface area (Å²) in [4.78, 5) is 16.2. The van der Waals surface area contributed by atoms with Gasteiger partial charge in [-0.05, 0) is 12.8 Å². The Hall–Kier alpha value is -2.26. The molecule has 2 aliphatic rings. The third-order valence-corrected chi connectivity index (χ3v) is 5.20. The smallest absolute Gasteiger partial charge is 0.230 e. The SMILES string of the molecule is Cc1nnc(CN2CCc3nc(N(C)C)nc(N4CCC(O)CC4)c3C2)o1. The van der Waals surface area contributed by atoms with Crippen molar-refractivity contribution in [1.29, 1.82) is 0 Å². The van der Waals surface area contributed by atoms with Crippen LogP contribution in [0, 0.1) is 6.92 Å². The first kappa shape index (κ1) is 18.1. The molecule has 0 aromatic carbocycles. The molecule has 9 heteroatoms. The van der Waals surface area contributed by atoms with Gasteiger partial charge in [-0.3, -0.25) is 4.90 Å². The molecule has 4 rings (SSSR count). The van der Waals surface area contributed by atoms with Crippen molar-refractivity contribution in [3.05, 3.63) is 23.0 Å². The lowest BCUT2D eigenvalue weighted by molar-refractivity contribution is 0.145. The second kappa shape index (κ2) is 7.40. The lowest BCUT2D eigenvalue weighted by Crippen LogP contribution is -2.39. The fraction of sp³-hybridized carbons (Fsp3) is 0.667. The number of rotatable bonds is 4. The molecule has 2 aromatic rings. The average Bonchev–Trinajstić information content (AvgIpc) is 3.06. The molecule has 0 unspecified atom stereocenters. The molecule has 0 saturated carbocycles. The van der Waals surface area contributed by atoms with Gasteiger partial charge in [0.15, 0.2) is 0 Å². The standard InChI is InChI=1S/C18H27N7O2/c1-12-21-22-16(27-12)11-24-7-6-15-14(10-24)17(20-18(19-15)23(2)3)25-8-4-13(26)5-9-25/h13,26H,4-11H2,1-3H3. The van der Waals surface area contributed by atoms with Crippen molar-refractivity contribution >= 4 is 11.8 Å². The van der Waals surface area contributed by atoms with E-state index in [1.165, 1.54) is 5.56 Å². The van der Waals surface area contributed by atoms with Crippen LogP contribution in [0.5, 0.6) is 0 Å². The lowest BCUT2D eigenvalue weighted by Gasteiger charge is -2.35. The predicted molar refractivity (Wildman–Crippen MR) is 101 cm³/mol. The molecule has 0 amide bonds. The number of anilines is 2. The van der Waals surface area contributed by atoms with Gasteiger partial charge in [0, 0.05) is 59.2 Å². The number of hydrogen-bond acceptors (Lipinski definition) is 9. The second-order valence-corrected chi connectivity index (χ2v) is 7.56. The van der Waals surface area contributed by atoms with E-state index in [1.54, 1.807) is 0 Å². The molecule has 0 aliphatic carbocycles. The van der Waals surface area contributed by atoms with Crippen molar-refractivity contribution in [2.75, 3.05) is 43.5 Å². The molecule has 0 bridgehead atoms. The summed E-state index contributed by atoms with van der Waals surface area (Å²) in [5.41, 5.74) is 2.30. The van der Waals surface area contributed by atoms with Gasteiger partial charge in [0.1, 0.15) is 5.82 Å². The van der Waals surface area contributed by atoms with E-state index in [9.17, 15) is 5.11 Å². The Morgan fingerprint density at radius 2 is 1.93 bits per heavy atom. The minimum atomic E-state index is -0.204. The van der Waals surface area contributed by atoms with Crippen LogP contribution in [0.25, 0.3) is 0 Å². The summed E-state index contributed by atoms with van der Waals surface area (Å²) < 4.78 is 5.54. The van der Waals surface area contributed by atoms with E-state index in [-0.39, 0.29) is 6.10 Å². The normalized spacial score (nSPS) is 18.6. The highest BCUT2D eigenvalue weighted by Gasteiger charge is 2.28. The quantitative estimate of drug-likeness (QED) is 0.833. The minimum Gasteiger partial charge on any atom is -0.424 e. The monoisotopic (exact) mass is 373 g/mol. The zero-order valence-corrected chi connectivity index (χ0v) is 16.2. The van der Waals surface area contributed by atoms with Gasteiger partial charge in [-0.1, -0.05) is 0 Å². The maximum Gasteiger partial charge on any atom is 0.230 e. The summed E-state index contributed by atoms with van der Waals surface area (Å²) in [6, 6.07) is 0. The van der Waals surface area contributed by atoms with Gasteiger partial charge in [0.05, 0.1) is 18.3 Å². The van der Waals surface area contributed by atoms with Gasteiger partial charge in [-0.15, -0.1) is 10.2 Å². The van der Waals surface area contributed by atoms with Crippen LogP contribution in [0.1, 0.15) is 35.9 Å². The van der Waals surface area contributed by atoms with Crippen molar-refractivity contribution < 1.29 is 9.52 Å². The van der Waals surface area contributed by atoms with Crippen molar-refractivity contribution in [3.63, 3.8) is 0 Å². The Kier molecular flexibility index (Phi) is 4.96. The van der Waals surface area contributed by atoms with Crippen molar-refractivity contribution in [1.82, 2.24) is 25.1 Å². The number of fused-ring (bicyclic) bond motifs is 1. The first-order valence-corrected chi connectivity index (χ1v) is 9.51. The molecule has 0 radical (unpaired) electrons. The summed E-state index contributed by atoms with van der Waals surface area (Å²) >= 11 is 0. The topological polar surface area (TPSA) is 94.7 Å². The molecule has 2 aromatic heterocycles. The Labute approximate surface area is 159 Å². The summed E-state index contributed by atoms with van der Waals surface area (Å²) in [7, 11) is 3.94. The third-order valence-electron chi connectivity index (χ3n) is 5.20. The second-order valence-electron chi connectivity index (χ2n) is 7.56. The van der Waals surface area contributed by atoms with Crippen LogP contribution >= 0.6 is 0 Å². The fourth-order valence-electron chi connectivity index (χ4n) is 3.71. The molecule has 1 saturated heterocycles. The Bertz CT molecular complexity index is 799. The Balaban J connectivity index is 1.61. The zero-order chi connectivity index (χ0) is 19.0. The molecule has 4 heterocycles. The molecule has 1 fully saturated rings. The molecular formula is C18H27N7O2. The van der Waals surface area contributed by atoms with Gasteiger partial charge in [0.25, 0.3) is 0 Å². The third kappa shape index (κ3) is 3.89. The van der Waals surface area contributed by atoms with E-state index < -0.39 is 0 Å². The van der Waals surface area contributed by atoms with Crippen LogP contribution in [0.3, 0.4) is 0 Å². The predicted octanol–water partition coefficient (Wildman–Crippen LogP) is 0.753. The molecule has 0 spiro atoms. The van der Waals surface area contributed by atoms with Gasteiger partial charge >= 0.3 is 0 Å². The fourth-order valence-corrected chi connectivity index (χ4v) is 3.71. The Morgan fingerprint density at radius 3 is 2.59 bits per heavy atom. The van der Waals surface area contributed by atoms with Crippen LogP contribution < -0.4 is 9.80 Å². The van der Waals surface area contributed by atoms with E-state index in [1.807, 2.05) is 25.9 Å². The summed E-state index contributed by atoms with van der Waals surface area (Å²) in [5.74, 6) is 2.98. The van der Waals surface area contributed by atoms with Crippen molar-refractivity contribution in [2.45, 2.75) is 45.4 Å². The van der Waals surface area contributed by atoms with Crippen LogP contribution in [0.4, 0.5) is 11.8 Å². The Morgan fingerprint density at radius 1 is 1.15 bits per heavy atom. The molecule has 27 heavy (non-hydrogen) atoms. The highest BCUT2D eigenvalue weighted by Crippen LogP contribution is 2.30. The summed E-state index contributed by atoms with van der Waals surface area (Å²) in [5, 5.41) is 17.9. The van der Waals surface area contributed by atoms with Gasteiger partial charge in [0.2, 0.25) is 17.7 Å². The van der Waals surface area contributed by atoms with Gasteiger partial charge < -0.3 is 19.3 Å². The number of aryl methyl sites for hydroxylation is 1. The van der Waals surface area contributed by atoms with E-state index >= 15 is 0 Å². The highest BCUT2D eigenvalue weighted by atomic mass is 16.4. The number of aliphatic hydroxyl groups is 1. The largest absolute Gasteiger partial charge is 0.424 e. The molecular weight excluding hydrogens is 346 g/mol. The lowest BCUT2D eigenvalue weighted by atomic mass is 10.0. The van der Waals surface area contributed by atoms with Gasteiger partial charge in [-0.25, -0.2) is 4.98 Å². The van der Waals surface area contributed by atoms with Crippen molar-refractivity contribution in [3.8, 4) is 0 Å². The first-order chi connectivity index (χ1) is 13.0. The van der Waals surface area contributed by atoms with E-state index in [4.69, 9.17) is 14.4 Å². The van der Waals surface area contributed by atoms with Crippen LogP contribution in [-0.2, 0) is 19.5 Å². The molecule has 0 atom stereocenters. The number of hydrogen-bond donors (Lipinski definition) is 1. The minimum absolute atomic E-state index is 0.204. The van der Waals surface area contributed by atoms with Crippen LogP contribution in [0.15, 0.2) is 4.42 Å². The maximum atomic E-state index is 9.86. The average molecular weight is 373 g/mol. The van der Waals surface area contributed by atoms with E-state index in [2.05, 4.69) is 20.0 Å². The molecule has 2 aliphatic heterocycles. The van der Waals surface area contributed by atoms with E-state index in [0.29, 0.717) is 18.3 Å². The summed E-state index contributed by atoms with van der Waals surface area (Å²) in [6.07, 6.45) is 2.22. The maximum absolute atomic E-state index is 9.86. The van der Waals surface area contributed by atoms with E-state index in [0.717, 1.165) is 62.9 Å². The van der Waals surface area contributed by atoms with Crippen LogP contribution in [-0.4, -0.2) is 70.0 Å². The highest BCUT2D eigenvalue weighted by molar-refractivity contribution is 5.54. The number of aliphatic hydroxyl groups excluding tert-OH is 1. The molecule has 146 valence electrons. The van der Waals surface area contributed by atoms with Crippen molar-refractivity contribution in [2.24, 2.45) is 0 Å². The van der Waals surface area contributed by atoms with Crippen LogP contribution in [0.2, 0.25) is 0 Å².